The van der Waals surface area contributed by atoms with E-state index in [2.05, 4.69) is 34.7 Å². The SMILES string of the molecule is CN=C(NCCS(C)(=O)=O)NC(C)CCc1ccccc1.I. The molecule has 0 aliphatic rings. The van der Waals surface area contributed by atoms with Crippen molar-refractivity contribution < 1.29 is 8.42 Å². The quantitative estimate of drug-likeness (QED) is 0.387. The molecule has 0 aliphatic heterocycles. The number of nitrogens with one attached hydrogen (secondary N) is 2. The van der Waals surface area contributed by atoms with Gasteiger partial charge in [0.1, 0.15) is 9.84 Å². The summed E-state index contributed by atoms with van der Waals surface area (Å²) in [6.45, 7) is 2.45. The second kappa shape index (κ2) is 10.8. The molecule has 0 fully saturated rings. The lowest BCUT2D eigenvalue weighted by Gasteiger charge is -2.17. The number of nitrogens with zero attached hydrogens (tertiary/aromatic N) is 1. The molecule has 0 amide bonds. The molecule has 0 saturated carbocycles. The first-order chi connectivity index (χ1) is 9.90. The van der Waals surface area contributed by atoms with Crippen LogP contribution in [0.25, 0.3) is 0 Å². The second-order valence-corrected chi connectivity index (χ2v) is 7.46. The van der Waals surface area contributed by atoms with E-state index in [1.54, 1.807) is 7.05 Å². The number of hydrogen-bond acceptors (Lipinski definition) is 3. The zero-order valence-corrected chi connectivity index (χ0v) is 16.5. The van der Waals surface area contributed by atoms with Gasteiger partial charge in [-0.25, -0.2) is 8.42 Å². The molecule has 0 saturated heterocycles. The van der Waals surface area contributed by atoms with Gasteiger partial charge in [0.25, 0.3) is 0 Å². The van der Waals surface area contributed by atoms with E-state index in [-0.39, 0.29) is 35.8 Å². The minimum Gasteiger partial charge on any atom is -0.355 e. The van der Waals surface area contributed by atoms with Gasteiger partial charge in [-0.1, -0.05) is 30.3 Å². The van der Waals surface area contributed by atoms with Crippen molar-refractivity contribution in [3.05, 3.63) is 35.9 Å². The summed E-state index contributed by atoms with van der Waals surface area (Å²) in [4.78, 5) is 4.10. The molecule has 0 heterocycles. The van der Waals surface area contributed by atoms with Crippen LogP contribution >= 0.6 is 24.0 Å². The van der Waals surface area contributed by atoms with Crippen LogP contribution in [0.4, 0.5) is 0 Å². The Bertz CT molecular complexity index is 547. The minimum absolute atomic E-state index is 0. The highest BCUT2D eigenvalue weighted by atomic mass is 127. The number of halogens is 1. The van der Waals surface area contributed by atoms with Crippen molar-refractivity contribution in [2.24, 2.45) is 4.99 Å². The van der Waals surface area contributed by atoms with E-state index >= 15 is 0 Å². The predicted octanol–water partition coefficient (Wildman–Crippen LogP) is 1.84. The number of guanidine groups is 1. The lowest BCUT2D eigenvalue weighted by molar-refractivity contribution is 0.591. The molecule has 0 radical (unpaired) electrons. The first kappa shape index (κ1) is 21.2. The fourth-order valence-electron chi connectivity index (χ4n) is 1.88. The van der Waals surface area contributed by atoms with Crippen LogP contribution in [-0.4, -0.2) is 46.0 Å². The smallest absolute Gasteiger partial charge is 0.191 e. The van der Waals surface area contributed by atoms with Gasteiger partial charge >= 0.3 is 0 Å². The summed E-state index contributed by atoms with van der Waals surface area (Å²) in [5.41, 5.74) is 1.31. The van der Waals surface area contributed by atoms with E-state index in [0.717, 1.165) is 12.8 Å². The molecular formula is C15H26IN3O2S. The molecule has 126 valence electrons. The molecule has 7 heteroatoms. The van der Waals surface area contributed by atoms with Gasteiger partial charge in [-0.15, -0.1) is 24.0 Å². The minimum atomic E-state index is -2.95. The fourth-order valence-corrected chi connectivity index (χ4v) is 2.36. The fraction of sp³-hybridized carbons (Fsp3) is 0.533. The summed E-state index contributed by atoms with van der Waals surface area (Å²) in [5.74, 6) is 0.741. The Morgan fingerprint density at radius 1 is 1.27 bits per heavy atom. The van der Waals surface area contributed by atoms with Gasteiger partial charge in [0, 0.05) is 25.9 Å². The summed E-state index contributed by atoms with van der Waals surface area (Å²) in [6, 6.07) is 10.6. The Hall–Kier alpha value is -0.830. The van der Waals surface area contributed by atoms with Crippen molar-refractivity contribution in [1.82, 2.24) is 10.6 Å². The summed E-state index contributed by atoms with van der Waals surface area (Å²) in [7, 11) is -1.27. The third kappa shape index (κ3) is 9.99. The number of sulfone groups is 1. The lowest BCUT2D eigenvalue weighted by Crippen LogP contribution is -2.43. The van der Waals surface area contributed by atoms with E-state index in [1.807, 2.05) is 18.2 Å². The third-order valence-electron chi connectivity index (χ3n) is 3.08. The molecule has 2 N–H and O–H groups in total. The lowest BCUT2D eigenvalue weighted by atomic mass is 10.1. The van der Waals surface area contributed by atoms with Crippen molar-refractivity contribution in [3.8, 4) is 0 Å². The van der Waals surface area contributed by atoms with Crippen molar-refractivity contribution in [3.63, 3.8) is 0 Å². The van der Waals surface area contributed by atoms with Gasteiger partial charge in [-0.3, -0.25) is 4.99 Å². The molecule has 1 aromatic rings. The van der Waals surface area contributed by atoms with Crippen molar-refractivity contribution in [2.45, 2.75) is 25.8 Å². The molecule has 0 aromatic heterocycles. The summed E-state index contributed by atoms with van der Waals surface area (Å²) < 4.78 is 22.2. The first-order valence-electron chi connectivity index (χ1n) is 7.09. The van der Waals surface area contributed by atoms with Gasteiger partial charge in [-0.2, -0.15) is 0 Å². The zero-order valence-electron chi connectivity index (χ0n) is 13.4. The topological polar surface area (TPSA) is 70.6 Å². The Labute approximate surface area is 150 Å². The molecule has 1 aromatic carbocycles. The number of aliphatic imine (C=N–C) groups is 1. The molecule has 1 atom stereocenters. The number of hydrogen-bond donors (Lipinski definition) is 2. The summed E-state index contributed by atoms with van der Waals surface area (Å²) in [6.07, 6.45) is 3.21. The van der Waals surface area contributed by atoms with Gasteiger partial charge in [0.2, 0.25) is 0 Å². The normalized spacial score (nSPS) is 13.1. The highest BCUT2D eigenvalue weighted by Crippen LogP contribution is 2.04. The molecule has 1 unspecified atom stereocenters. The van der Waals surface area contributed by atoms with Crippen LogP contribution < -0.4 is 10.6 Å². The maximum absolute atomic E-state index is 11.1. The van der Waals surface area contributed by atoms with Crippen LogP contribution in [0, 0.1) is 0 Å². The Morgan fingerprint density at radius 3 is 2.45 bits per heavy atom. The Morgan fingerprint density at radius 2 is 1.91 bits per heavy atom. The number of benzene rings is 1. The van der Waals surface area contributed by atoms with Gasteiger partial charge < -0.3 is 10.6 Å². The molecule has 0 aliphatic carbocycles. The maximum atomic E-state index is 11.1. The van der Waals surface area contributed by atoms with Crippen LogP contribution in [-0.2, 0) is 16.3 Å². The van der Waals surface area contributed by atoms with E-state index in [1.165, 1.54) is 11.8 Å². The molecular weight excluding hydrogens is 413 g/mol. The highest BCUT2D eigenvalue weighted by molar-refractivity contribution is 14.0. The second-order valence-electron chi connectivity index (χ2n) is 5.20. The van der Waals surface area contributed by atoms with Gasteiger partial charge in [0.05, 0.1) is 5.75 Å². The third-order valence-corrected chi connectivity index (χ3v) is 4.03. The summed E-state index contributed by atoms with van der Waals surface area (Å²) in [5, 5.41) is 6.28. The van der Waals surface area contributed by atoms with Gasteiger partial charge in [0.15, 0.2) is 5.96 Å². The Kier molecular flexibility index (Phi) is 10.4. The molecule has 1 rings (SSSR count). The first-order valence-corrected chi connectivity index (χ1v) is 9.15. The van der Waals surface area contributed by atoms with E-state index in [4.69, 9.17) is 0 Å². The van der Waals surface area contributed by atoms with Crippen LogP contribution in [0.1, 0.15) is 18.9 Å². The monoisotopic (exact) mass is 439 g/mol. The van der Waals surface area contributed by atoms with Crippen LogP contribution in [0.5, 0.6) is 0 Å². The van der Waals surface area contributed by atoms with E-state index in [0.29, 0.717) is 12.5 Å². The van der Waals surface area contributed by atoms with E-state index < -0.39 is 9.84 Å². The standard InChI is InChI=1S/C15H25N3O2S.HI/c1-13(9-10-14-7-5-4-6-8-14)18-15(16-2)17-11-12-21(3,19)20;/h4-8,13H,9-12H2,1-3H3,(H2,16,17,18);1H. The van der Waals surface area contributed by atoms with Crippen LogP contribution in [0.3, 0.4) is 0 Å². The molecule has 0 bridgehead atoms. The summed E-state index contributed by atoms with van der Waals surface area (Å²) >= 11 is 0. The number of rotatable bonds is 7. The van der Waals surface area contributed by atoms with E-state index in [9.17, 15) is 8.42 Å². The number of aryl methyl sites for hydroxylation is 1. The predicted molar refractivity (Wildman–Crippen MR) is 104 cm³/mol. The molecule has 22 heavy (non-hydrogen) atoms. The van der Waals surface area contributed by atoms with Crippen molar-refractivity contribution >= 4 is 39.8 Å². The zero-order chi connectivity index (χ0) is 15.7. The molecule has 5 nitrogen and oxygen atoms in total. The molecule has 0 spiro atoms. The largest absolute Gasteiger partial charge is 0.355 e. The van der Waals surface area contributed by atoms with Crippen LogP contribution in [0.2, 0.25) is 0 Å². The van der Waals surface area contributed by atoms with Crippen molar-refractivity contribution in [1.29, 1.82) is 0 Å². The van der Waals surface area contributed by atoms with Crippen LogP contribution in [0.15, 0.2) is 35.3 Å². The average Bonchev–Trinajstić information content (AvgIpc) is 2.44. The average molecular weight is 439 g/mol. The van der Waals surface area contributed by atoms with Gasteiger partial charge in [-0.05, 0) is 25.3 Å². The van der Waals surface area contributed by atoms with Crippen molar-refractivity contribution in [2.75, 3.05) is 25.6 Å². The maximum Gasteiger partial charge on any atom is 0.191 e. The Balaban J connectivity index is 0.00000441. The highest BCUT2D eigenvalue weighted by Gasteiger charge is 2.07.